The van der Waals surface area contributed by atoms with E-state index in [4.69, 9.17) is 5.73 Å². The number of aryl methyl sites for hydroxylation is 3. The average Bonchev–Trinajstić information content (AvgIpc) is 2.59. The summed E-state index contributed by atoms with van der Waals surface area (Å²) in [5.41, 5.74) is 11.0. The third kappa shape index (κ3) is 3.85. The lowest BCUT2D eigenvalue weighted by Crippen LogP contribution is -2.26. The van der Waals surface area contributed by atoms with Crippen LogP contribution >= 0.6 is 0 Å². The first-order chi connectivity index (χ1) is 11.5. The summed E-state index contributed by atoms with van der Waals surface area (Å²) in [6, 6.07) is 9.96. The Morgan fingerprint density at radius 1 is 1.12 bits per heavy atom. The number of aliphatic imine (C=N–C) groups is 1. The fraction of sp³-hybridized carbons (Fsp3) is 0.368. The molecule has 2 aromatic rings. The summed E-state index contributed by atoms with van der Waals surface area (Å²) in [6.45, 7) is 6.40. The number of guanidine groups is 1. The lowest BCUT2D eigenvalue weighted by atomic mass is 10.0. The number of aromatic nitrogens is 1. The molecule has 0 saturated heterocycles. The van der Waals surface area contributed by atoms with Crippen LogP contribution in [0.15, 0.2) is 40.1 Å². The molecule has 0 atom stereocenters. The van der Waals surface area contributed by atoms with Gasteiger partial charge in [0.25, 0.3) is 5.56 Å². The number of rotatable bonds is 5. The molecule has 0 aliphatic rings. The molecule has 5 nitrogen and oxygen atoms in total. The van der Waals surface area contributed by atoms with E-state index in [1.807, 2.05) is 19.1 Å². The highest BCUT2D eigenvalue weighted by atomic mass is 16.1. The van der Waals surface area contributed by atoms with E-state index in [-0.39, 0.29) is 12.1 Å². The largest absolute Gasteiger partial charge is 0.370 e. The maximum atomic E-state index is 12.2. The fourth-order valence-corrected chi connectivity index (χ4v) is 2.64. The van der Waals surface area contributed by atoms with Gasteiger partial charge >= 0.3 is 0 Å². The highest BCUT2D eigenvalue weighted by molar-refractivity contribution is 5.93. The zero-order valence-electron chi connectivity index (χ0n) is 14.9. The van der Waals surface area contributed by atoms with Crippen LogP contribution in [-0.4, -0.2) is 10.5 Å². The van der Waals surface area contributed by atoms with Gasteiger partial charge in [0.2, 0.25) is 0 Å². The minimum Gasteiger partial charge on any atom is -0.370 e. The van der Waals surface area contributed by atoms with Gasteiger partial charge in [-0.25, -0.2) is 4.99 Å². The zero-order chi connectivity index (χ0) is 17.7. The summed E-state index contributed by atoms with van der Waals surface area (Å²) >= 11 is 0. The molecule has 0 aliphatic heterocycles. The van der Waals surface area contributed by atoms with Crippen molar-refractivity contribution in [3.63, 3.8) is 0 Å². The predicted molar refractivity (Wildman–Crippen MR) is 101 cm³/mol. The predicted octanol–water partition coefficient (Wildman–Crippen LogP) is 2.75. The van der Waals surface area contributed by atoms with Crippen molar-refractivity contribution in [2.75, 3.05) is 5.32 Å². The van der Waals surface area contributed by atoms with Crippen molar-refractivity contribution in [3.8, 4) is 0 Å². The first-order valence-electron chi connectivity index (χ1n) is 8.31. The van der Waals surface area contributed by atoms with Gasteiger partial charge in [-0.2, -0.15) is 0 Å². The second-order valence-corrected chi connectivity index (χ2v) is 5.85. The van der Waals surface area contributed by atoms with E-state index in [0.717, 1.165) is 24.2 Å². The summed E-state index contributed by atoms with van der Waals surface area (Å²) in [5.74, 6) is 0.327. The number of anilines is 1. The zero-order valence-corrected chi connectivity index (χ0v) is 14.9. The number of nitrogens with two attached hydrogens (primary N) is 1. The minimum absolute atomic E-state index is 0.0326. The highest BCUT2D eigenvalue weighted by Gasteiger charge is 2.08. The third-order valence-corrected chi connectivity index (χ3v) is 4.31. The van der Waals surface area contributed by atoms with Crippen LogP contribution in [0, 0.1) is 6.92 Å². The molecular formula is C19H26N4O. The number of benzene rings is 1. The monoisotopic (exact) mass is 326 g/mol. The van der Waals surface area contributed by atoms with E-state index in [0.29, 0.717) is 11.5 Å². The number of hydrogen-bond donors (Lipinski definition) is 2. The summed E-state index contributed by atoms with van der Waals surface area (Å²) in [6.07, 6.45) is 1.84. The van der Waals surface area contributed by atoms with Crippen molar-refractivity contribution < 1.29 is 0 Å². The van der Waals surface area contributed by atoms with Crippen molar-refractivity contribution in [1.82, 2.24) is 4.57 Å². The van der Waals surface area contributed by atoms with Crippen LogP contribution < -0.4 is 16.6 Å². The van der Waals surface area contributed by atoms with E-state index >= 15 is 0 Å². The Hall–Kier alpha value is -2.56. The molecule has 0 fully saturated rings. The molecular weight excluding hydrogens is 300 g/mol. The molecule has 128 valence electrons. The smallest absolute Gasteiger partial charge is 0.255 e. The first kappa shape index (κ1) is 17.8. The van der Waals surface area contributed by atoms with Gasteiger partial charge in [0.1, 0.15) is 0 Å². The molecule has 1 aromatic carbocycles. The van der Waals surface area contributed by atoms with Gasteiger partial charge in [-0.3, -0.25) is 4.79 Å². The topological polar surface area (TPSA) is 72.4 Å². The number of para-hydroxylation sites is 1. The molecule has 0 spiro atoms. The van der Waals surface area contributed by atoms with Crippen molar-refractivity contribution in [3.05, 3.63) is 63.1 Å². The van der Waals surface area contributed by atoms with Crippen LogP contribution in [0.25, 0.3) is 0 Å². The Morgan fingerprint density at radius 2 is 1.75 bits per heavy atom. The molecule has 0 aliphatic carbocycles. The van der Waals surface area contributed by atoms with Crippen LogP contribution in [0.3, 0.4) is 0 Å². The normalized spacial score (nSPS) is 11.6. The van der Waals surface area contributed by atoms with Crippen LogP contribution in [0.4, 0.5) is 5.69 Å². The van der Waals surface area contributed by atoms with Gasteiger partial charge in [-0.1, -0.05) is 32.0 Å². The Morgan fingerprint density at radius 3 is 2.33 bits per heavy atom. The fourth-order valence-electron chi connectivity index (χ4n) is 2.64. The van der Waals surface area contributed by atoms with E-state index < -0.39 is 0 Å². The van der Waals surface area contributed by atoms with Crippen molar-refractivity contribution in [2.24, 2.45) is 17.8 Å². The van der Waals surface area contributed by atoms with Crippen molar-refractivity contribution in [1.29, 1.82) is 0 Å². The first-order valence-corrected chi connectivity index (χ1v) is 8.31. The molecule has 0 amide bonds. The molecule has 1 aromatic heterocycles. The van der Waals surface area contributed by atoms with Gasteiger partial charge in [0, 0.05) is 24.0 Å². The van der Waals surface area contributed by atoms with Gasteiger partial charge in [-0.15, -0.1) is 0 Å². The molecule has 3 N–H and O–H groups in total. The summed E-state index contributed by atoms with van der Waals surface area (Å²) < 4.78 is 1.62. The lowest BCUT2D eigenvalue weighted by Gasteiger charge is -2.15. The molecule has 2 rings (SSSR count). The van der Waals surface area contributed by atoms with E-state index in [2.05, 4.69) is 42.4 Å². The van der Waals surface area contributed by atoms with Crippen LogP contribution in [-0.2, 0) is 26.4 Å². The van der Waals surface area contributed by atoms with Crippen LogP contribution in [0.5, 0.6) is 0 Å². The summed E-state index contributed by atoms with van der Waals surface area (Å²) in [7, 11) is 1.76. The molecule has 0 bridgehead atoms. The Bertz CT molecular complexity index is 783. The molecule has 5 heteroatoms. The highest BCUT2D eigenvalue weighted by Crippen LogP contribution is 2.22. The second-order valence-electron chi connectivity index (χ2n) is 5.85. The van der Waals surface area contributed by atoms with E-state index in [1.54, 1.807) is 11.6 Å². The van der Waals surface area contributed by atoms with Gasteiger partial charge in [0.15, 0.2) is 5.96 Å². The maximum absolute atomic E-state index is 12.2. The SMILES string of the molecule is CCc1cccc(CC)c1NC(N)=NCc1ccc(C)n(C)c1=O. The summed E-state index contributed by atoms with van der Waals surface area (Å²) in [5, 5.41) is 3.22. The van der Waals surface area contributed by atoms with Crippen LogP contribution in [0.2, 0.25) is 0 Å². The molecule has 0 radical (unpaired) electrons. The lowest BCUT2D eigenvalue weighted by molar-refractivity contribution is 0.795. The van der Waals surface area contributed by atoms with E-state index in [1.165, 1.54) is 11.1 Å². The molecule has 1 heterocycles. The summed E-state index contributed by atoms with van der Waals surface area (Å²) in [4.78, 5) is 16.5. The Balaban J connectivity index is 2.22. The van der Waals surface area contributed by atoms with Crippen molar-refractivity contribution >= 4 is 11.6 Å². The maximum Gasteiger partial charge on any atom is 0.255 e. The number of nitrogens with zero attached hydrogens (tertiary/aromatic N) is 2. The minimum atomic E-state index is -0.0326. The quantitative estimate of drug-likeness (QED) is 0.655. The van der Waals surface area contributed by atoms with Crippen molar-refractivity contribution in [2.45, 2.75) is 40.2 Å². The Labute approximate surface area is 143 Å². The molecule has 24 heavy (non-hydrogen) atoms. The third-order valence-electron chi connectivity index (χ3n) is 4.31. The Kier molecular flexibility index (Phi) is 5.79. The number of nitrogens with one attached hydrogen (secondary N) is 1. The second kappa shape index (κ2) is 7.81. The molecule has 0 saturated carbocycles. The standard InChI is InChI=1S/C19H26N4O/c1-5-14-8-7-9-15(6-2)17(14)22-19(20)21-12-16-11-10-13(3)23(4)18(16)24/h7-11H,5-6,12H2,1-4H3,(H3,20,21,22). The van der Waals surface area contributed by atoms with Crippen LogP contribution in [0.1, 0.15) is 36.2 Å². The number of hydrogen-bond acceptors (Lipinski definition) is 2. The van der Waals surface area contributed by atoms with Gasteiger partial charge < -0.3 is 15.6 Å². The molecule has 0 unspecified atom stereocenters. The van der Waals surface area contributed by atoms with Gasteiger partial charge in [0.05, 0.1) is 6.54 Å². The van der Waals surface area contributed by atoms with Gasteiger partial charge in [-0.05, 0) is 43.0 Å². The van der Waals surface area contributed by atoms with E-state index in [9.17, 15) is 4.79 Å². The number of pyridine rings is 1. The average molecular weight is 326 g/mol.